The number of aryl methyl sites for hydroxylation is 3. The highest BCUT2D eigenvalue weighted by atomic mass is 32.2. The van der Waals surface area contributed by atoms with Crippen molar-refractivity contribution < 1.29 is 13.2 Å². The second kappa shape index (κ2) is 10.6. The Morgan fingerprint density at radius 3 is 2.33 bits per heavy atom. The summed E-state index contributed by atoms with van der Waals surface area (Å²) in [5.41, 5.74) is 5.27. The van der Waals surface area contributed by atoms with Gasteiger partial charge in [0.25, 0.3) is 10.2 Å². The van der Waals surface area contributed by atoms with E-state index >= 15 is 0 Å². The molecule has 0 atom stereocenters. The van der Waals surface area contributed by atoms with E-state index in [0.717, 1.165) is 39.4 Å². The minimum atomic E-state index is -3.55. The molecule has 0 aliphatic rings. The van der Waals surface area contributed by atoms with Gasteiger partial charge < -0.3 is 15.4 Å². The van der Waals surface area contributed by atoms with Crippen LogP contribution in [0.2, 0.25) is 0 Å². The van der Waals surface area contributed by atoms with E-state index in [4.69, 9.17) is 4.74 Å². The summed E-state index contributed by atoms with van der Waals surface area (Å²) in [7, 11) is -1.89. The molecule has 3 rings (SSSR count). The van der Waals surface area contributed by atoms with Crippen LogP contribution >= 0.6 is 0 Å². The van der Waals surface area contributed by atoms with Gasteiger partial charge in [-0.25, -0.2) is 9.71 Å². The second-order valence-electron chi connectivity index (χ2n) is 7.60. The van der Waals surface area contributed by atoms with Crippen molar-refractivity contribution in [2.45, 2.75) is 34.2 Å². The molecule has 0 amide bonds. The molecule has 10 heteroatoms. The minimum Gasteiger partial charge on any atom is -0.496 e. The number of methoxy groups -OCH3 is 1. The normalized spacial score (nSPS) is 11.3. The summed E-state index contributed by atoms with van der Waals surface area (Å²) in [6, 6.07) is 11.4. The maximum atomic E-state index is 12.0. The summed E-state index contributed by atoms with van der Waals surface area (Å²) < 4.78 is 34.3. The number of rotatable bonds is 10. The topological polar surface area (TPSA) is 117 Å². The van der Waals surface area contributed by atoms with Crippen LogP contribution in [0.25, 0.3) is 0 Å². The lowest BCUT2D eigenvalue weighted by atomic mass is 10.1. The Kier molecular flexibility index (Phi) is 7.85. The van der Waals surface area contributed by atoms with E-state index in [2.05, 4.69) is 30.0 Å². The molecule has 9 nitrogen and oxygen atoms in total. The molecular formula is C23H30N6O3S. The van der Waals surface area contributed by atoms with Crippen molar-refractivity contribution in [3.63, 3.8) is 0 Å². The van der Waals surface area contributed by atoms with Crippen LogP contribution in [0.5, 0.6) is 5.75 Å². The van der Waals surface area contributed by atoms with Crippen molar-refractivity contribution in [2.75, 3.05) is 24.3 Å². The zero-order valence-electron chi connectivity index (χ0n) is 19.5. The summed E-state index contributed by atoms with van der Waals surface area (Å²) in [6.07, 6.45) is 1.73. The van der Waals surface area contributed by atoms with Gasteiger partial charge in [0.15, 0.2) is 0 Å². The fraction of sp³-hybridized carbons (Fsp3) is 0.304. The number of para-hydroxylation sites is 1. The van der Waals surface area contributed by atoms with Crippen molar-refractivity contribution in [2.24, 2.45) is 0 Å². The third-order valence-corrected chi connectivity index (χ3v) is 6.14. The highest BCUT2D eigenvalue weighted by molar-refractivity contribution is 7.87. The number of benzene rings is 2. The number of nitrogens with zero attached hydrogens (tertiary/aromatic N) is 2. The van der Waals surface area contributed by atoms with Crippen molar-refractivity contribution in [3.8, 4) is 5.75 Å². The highest BCUT2D eigenvalue weighted by Gasteiger charge is 2.12. The van der Waals surface area contributed by atoms with E-state index in [0.29, 0.717) is 18.3 Å². The van der Waals surface area contributed by atoms with Gasteiger partial charge in [0, 0.05) is 36.2 Å². The third-order valence-electron chi connectivity index (χ3n) is 4.95. The molecule has 2 aromatic carbocycles. The summed E-state index contributed by atoms with van der Waals surface area (Å²) >= 11 is 0. The molecule has 0 bridgehead atoms. The Balaban J connectivity index is 1.81. The Morgan fingerprint density at radius 2 is 1.67 bits per heavy atom. The number of aromatic nitrogens is 2. The van der Waals surface area contributed by atoms with Gasteiger partial charge in [-0.3, -0.25) is 0 Å². The number of hydrogen-bond donors (Lipinski definition) is 4. The lowest BCUT2D eigenvalue weighted by Gasteiger charge is -2.15. The first-order valence-corrected chi connectivity index (χ1v) is 12.1. The van der Waals surface area contributed by atoms with Crippen LogP contribution in [0, 0.1) is 20.8 Å². The SMILES string of the molecule is CCNS(=O)(=O)NCc1ccccc1Nc1nc(Nc2cc(C)c(OC)c(C)c2)ncc1C. The summed E-state index contributed by atoms with van der Waals surface area (Å²) in [5.74, 6) is 1.92. The summed E-state index contributed by atoms with van der Waals surface area (Å²) in [6.45, 7) is 8.07. The van der Waals surface area contributed by atoms with Crippen LogP contribution in [0.4, 0.5) is 23.1 Å². The van der Waals surface area contributed by atoms with E-state index in [-0.39, 0.29) is 6.54 Å². The van der Waals surface area contributed by atoms with Crippen LogP contribution in [-0.2, 0) is 16.8 Å². The van der Waals surface area contributed by atoms with Crippen LogP contribution in [0.15, 0.2) is 42.6 Å². The number of hydrogen-bond acceptors (Lipinski definition) is 7. The number of anilines is 4. The van der Waals surface area contributed by atoms with Crippen molar-refractivity contribution >= 4 is 33.4 Å². The molecule has 0 fully saturated rings. The quantitative estimate of drug-likeness (QED) is 0.356. The van der Waals surface area contributed by atoms with Gasteiger partial charge >= 0.3 is 0 Å². The molecule has 0 aliphatic carbocycles. The molecule has 4 N–H and O–H groups in total. The summed E-state index contributed by atoms with van der Waals surface area (Å²) in [4.78, 5) is 9.02. The predicted octanol–water partition coefficient (Wildman–Crippen LogP) is 3.84. The predicted molar refractivity (Wildman–Crippen MR) is 132 cm³/mol. The average molecular weight is 471 g/mol. The van der Waals surface area contributed by atoms with Crippen LogP contribution in [0.1, 0.15) is 29.2 Å². The van der Waals surface area contributed by atoms with E-state index in [9.17, 15) is 8.42 Å². The molecule has 0 radical (unpaired) electrons. The smallest absolute Gasteiger partial charge is 0.277 e. The second-order valence-corrected chi connectivity index (χ2v) is 9.18. The van der Waals surface area contributed by atoms with Crippen LogP contribution in [-0.4, -0.2) is 32.0 Å². The maximum Gasteiger partial charge on any atom is 0.277 e. The number of nitrogens with one attached hydrogen (secondary N) is 4. The van der Waals surface area contributed by atoms with Crippen LogP contribution in [0.3, 0.4) is 0 Å². The third kappa shape index (κ3) is 6.41. The fourth-order valence-electron chi connectivity index (χ4n) is 3.44. The van der Waals surface area contributed by atoms with E-state index in [1.54, 1.807) is 20.2 Å². The summed E-state index contributed by atoms with van der Waals surface area (Å²) in [5, 5.41) is 6.56. The average Bonchev–Trinajstić information content (AvgIpc) is 2.75. The van der Waals surface area contributed by atoms with Crippen molar-refractivity contribution in [3.05, 3.63) is 64.8 Å². The van der Waals surface area contributed by atoms with Gasteiger partial charge in [-0.15, -0.1) is 0 Å². The van der Waals surface area contributed by atoms with Crippen molar-refractivity contribution in [1.29, 1.82) is 0 Å². The van der Waals surface area contributed by atoms with Gasteiger partial charge in [0.1, 0.15) is 11.6 Å². The first-order chi connectivity index (χ1) is 15.7. The molecule has 1 aromatic heterocycles. The molecule has 176 valence electrons. The zero-order valence-corrected chi connectivity index (χ0v) is 20.3. The van der Waals surface area contributed by atoms with Gasteiger partial charge in [-0.2, -0.15) is 18.1 Å². The van der Waals surface area contributed by atoms with Gasteiger partial charge in [0.2, 0.25) is 5.95 Å². The molecule has 0 spiro atoms. The lowest BCUT2D eigenvalue weighted by molar-refractivity contribution is 0.408. The first kappa shape index (κ1) is 24.4. The molecule has 3 aromatic rings. The lowest BCUT2D eigenvalue weighted by Crippen LogP contribution is -2.35. The fourth-order valence-corrected chi connectivity index (χ4v) is 4.27. The Morgan fingerprint density at radius 1 is 0.970 bits per heavy atom. The Hall–Kier alpha value is -3.21. The maximum absolute atomic E-state index is 12.0. The van der Waals surface area contributed by atoms with Crippen molar-refractivity contribution in [1.82, 2.24) is 19.4 Å². The van der Waals surface area contributed by atoms with Gasteiger partial charge in [0.05, 0.1) is 7.11 Å². The molecule has 0 saturated heterocycles. The molecule has 1 heterocycles. The van der Waals surface area contributed by atoms with Crippen LogP contribution < -0.4 is 24.8 Å². The van der Waals surface area contributed by atoms with E-state index < -0.39 is 10.2 Å². The largest absolute Gasteiger partial charge is 0.496 e. The molecular weight excluding hydrogens is 440 g/mol. The Labute approximate surface area is 195 Å². The minimum absolute atomic E-state index is 0.137. The first-order valence-electron chi connectivity index (χ1n) is 10.6. The molecule has 0 saturated carbocycles. The zero-order chi connectivity index (χ0) is 24.0. The standard InChI is InChI=1S/C23H30N6O3S/c1-6-25-33(30,31)26-14-18-9-7-8-10-20(18)28-22-17(4)13-24-23(29-22)27-19-11-15(2)21(32-5)16(3)12-19/h7-13,25-26H,6,14H2,1-5H3,(H2,24,27,28,29). The monoisotopic (exact) mass is 470 g/mol. The van der Waals surface area contributed by atoms with Gasteiger partial charge in [-0.05, 0) is 55.7 Å². The van der Waals surface area contributed by atoms with Gasteiger partial charge in [-0.1, -0.05) is 25.1 Å². The highest BCUT2D eigenvalue weighted by Crippen LogP contribution is 2.29. The molecule has 0 unspecified atom stereocenters. The Bertz CT molecular complexity index is 1210. The van der Waals surface area contributed by atoms with E-state index in [1.165, 1.54) is 0 Å². The molecule has 0 aliphatic heterocycles. The number of ether oxygens (including phenoxy) is 1. The molecule has 33 heavy (non-hydrogen) atoms. The van der Waals surface area contributed by atoms with E-state index in [1.807, 2.05) is 57.2 Å².